The monoisotopic (exact) mass is 373 g/mol. The maximum Gasteiger partial charge on any atom is 0.226 e. The number of fused-ring (bicyclic) bond motifs is 1. The third-order valence-electron chi connectivity index (χ3n) is 6.15. The zero-order valence-electron chi connectivity index (χ0n) is 16.7. The van der Waals surface area contributed by atoms with E-state index in [0.29, 0.717) is 31.5 Å². The van der Waals surface area contributed by atoms with Crippen LogP contribution in [-0.4, -0.2) is 56.0 Å². The highest BCUT2D eigenvalue weighted by molar-refractivity contribution is 5.80. The zero-order valence-corrected chi connectivity index (χ0v) is 16.7. The fourth-order valence-corrected chi connectivity index (χ4v) is 4.41. The second kappa shape index (κ2) is 7.24. The third-order valence-corrected chi connectivity index (χ3v) is 6.15. The molecule has 0 aromatic carbocycles. The van der Waals surface area contributed by atoms with Crippen LogP contribution in [0.15, 0.2) is 0 Å². The Hall–Kier alpha value is -1.92. The molecule has 3 heterocycles. The molecule has 148 valence electrons. The van der Waals surface area contributed by atoms with Gasteiger partial charge in [0.25, 0.3) is 0 Å². The Morgan fingerprint density at radius 3 is 2.37 bits per heavy atom. The largest absolute Gasteiger partial charge is 0.343 e. The van der Waals surface area contributed by atoms with Crippen LogP contribution in [0.25, 0.3) is 0 Å². The second-order valence-corrected chi connectivity index (χ2v) is 8.78. The number of carbonyl (C=O) groups is 2. The van der Waals surface area contributed by atoms with E-state index in [1.54, 1.807) is 6.92 Å². The molecule has 3 aliphatic rings. The summed E-state index contributed by atoms with van der Waals surface area (Å²) in [5, 5.41) is 4.73. The van der Waals surface area contributed by atoms with Crippen molar-refractivity contribution in [3.8, 4) is 0 Å². The van der Waals surface area contributed by atoms with Gasteiger partial charge >= 0.3 is 0 Å². The SMILES string of the molecule is CC(=O)N1CCC(C(=O)N2CCn3nc(C4CC4)nc3[C@@H]2CC(C)C)CC1. The molecule has 4 rings (SSSR count). The average molecular weight is 374 g/mol. The van der Waals surface area contributed by atoms with Crippen molar-refractivity contribution in [2.75, 3.05) is 19.6 Å². The lowest BCUT2D eigenvalue weighted by atomic mass is 9.92. The predicted molar refractivity (Wildman–Crippen MR) is 101 cm³/mol. The fourth-order valence-electron chi connectivity index (χ4n) is 4.41. The molecular weight excluding hydrogens is 342 g/mol. The normalized spacial score (nSPS) is 23.6. The van der Waals surface area contributed by atoms with E-state index in [0.717, 1.165) is 37.5 Å². The van der Waals surface area contributed by atoms with Crippen LogP contribution in [0.2, 0.25) is 0 Å². The number of aromatic nitrogens is 3. The van der Waals surface area contributed by atoms with E-state index in [2.05, 4.69) is 18.7 Å². The molecule has 0 radical (unpaired) electrons. The summed E-state index contributed by atoms with van der Waals surface area (Å²) in [6.45, 7) is 8.84. The average Bonchev–Trinajstić information content (AvgIpc) is 3.40. The summed E-state index contributed by atoms with van der Waals surface area (Å²) in [4.78, 5) is 33.7. The highest BCUT2D eigenvalue weighted by Gasteiger charge is 2.39. The first-order chi connectivity index (χ1) is 12.9. The minimum Gasteiger partial charge on any atom is -0.343 e. The van der Waals surface area contributed by atoms with Crippen LogP contribution < -0.4 is 0 Å². The van der Waals surface area contributed by atoms with E-state index in [1.807, 2.05) is 9.58 Å². The summed E-state index contributed by atoms with van der Waals surface area (Å²) < 4.78 is 2.04. The highest BCUT2D eigenvalue weighted by atomic mass is 16.2. The van der Waals surface area contributed by atoms with E-state index in [9.17, 15) is 9.59 Å². The van der Waals surface area contributed by atoms with Crippen LogP contribution in [0.1, 0.15) is 76.5 Å². The molecule has 0 unspecified atom stereocenters. The molecule has 7 nitrogen and oxygen atoms in total. The first kappa shape index (κ1) is 18.4. The van der Waals surface area contributed by atoms with E-state index >= 15 is 0 Å². The number of hydrogen-bond donors (Lipinski definition) is 0. The molecule has 2 aliphatic heterocycles. The van der Waals surface area contributed by atoms with Crippen LogP contribution in [-0.2, 0) is 16.1 Å². The standard InChI is InChI=1S/C20H31N5O2/c1-13(2)12-17-19-21-18(15-4-5-15)22-25(19)11-10-24(17)20(27)16-6-8-23(9-7-16)14(3)26/h13,15-17H,4-12H2,1-3H3/t17-/m0/s1. The van der Waals surface area contributed by atoms with Crippen LogP contribution >= 0.6 is 0 Å². The molecule has 1 aliphatic carbocycles. The lowest BCUT2D eigenvalue weighted by Gasteiger charge is -2.40. The van der Waals surface area contributed by atoms with Gasteiger partial charge < -0.3 is 9.80 Å². The highest BCUT2D eigenvalue weighted by Crippen LogP contribution is 2.40. The van der Waals surface area contributed by atoms with Gasteiger partial charge in [-0.3, -0.25) is 9.59 Å². The first-order valence-corrected chi connectivity index (χ1v) is 10.4. The van der Waals surface area contributed by atoms with Gasteiger partial charge in [0.05, 0.1) is 12.6 Å². The smallest absolute Gasteiger partial charge is 0.226 e. The van der Waals surface area contributed by atoms with Crippen molar-refractivity contribution in [1.29, 1.82) is 0 Å². The van der Waals surface area contributed by atoms with Crippen LogP contribution in [0, 0.1) is 11.8 Å². The number of piperidine rings is 1. The van der Waals surface area contributed by atoms with Crippen LogP contribution in [0.3, 0.4) is 0 Å². The van der Waals surface area contributed by atoms with Gasteiger partial charge in [-0.25, -0.2) is 9.67 Å². The maximum atomic E-state index is 13.3. The molecule has 0 N–H and O–H groups in total. The fraction of sp³-hybridized carbons (Fsp3) is 0.800. The Balaban J connectivity index is 1.52. The van der Waals surface area contributed by atoms with E-state index < -0.39 is 0 Å². The van der Waals surface area contributed by atoms with Crippen molar-refractivity contribution in [1.82, 2.24) is 24.6 Å². The van der Waals surface area contributed by atoms with Crippen molar-refractivity contribution in [2.45, 2.75) is 71.4 Å². The predicted octanol–water partition coefficient (Wildman–Crippen LogP) is 2.34. The molecule has 0 spiro atoms. The molecule has 1 saturated carbocycles. The van der Waals surface area contributed by atoms with Gasteiger partial charge in [-0.2, -0.15) is 5.10 Å². The number of nitrogens with zero attached hydrogens (tertiary/aromatic N) is 5. The Bertz CT molecular complexity index is 716. The van der Waals surface area contributed by atoms with Crippen molar-refractivity contribution in [2.24, 2.45) is 11.8 Å². The summed E-state index contributed by atoms with van der Waals surface area (Å²) >= 11 is 0. The minimum absolute atomic E-state index is 0.0210. The zero-order chi connectivity index (χ0) is 19.1. The molecular formula is C20H31N5O2. The topological polar surface area (TPSA) is 71.3 Å². The maximum absolute atomic E-state index is 13.3. The van der Waals surface area contributed by atoms with Crippen molar-refractivity contribution >= 4 is 11.8 Å². The van der Waals surface area contributed by atoms with Gasteiger partial charge in [-0.15, -0.1) is 0 Å². The Labute approximate surface area is 161 Å². The third kappa shape index (κ3) is 3.73. The van der Waals surface area contributed by atoms with Gasteiger partial charge in [0.15, 0.2) is 5.82 Å². The van der Waals surface area contributed by atoms with Crippen molar-refractivity contribution in [3.05, 3.63) is 11.6 Å². The number of hydrogen-bond acceptors (Lipinski definition) is 4. The van der Waals surface area contributed by atoms with Gasteiger partial charge in [-0.05, 0) is 38.0 Å². The van der Waals surface area contributed by atoms with E-state index in [-0.39, 0.29) is 23.8 Å². The summed E-state index contributed by atoms with van der Waals surface area (Å²) in [5.74, 6) is 3.34. The number of amides is 2. The Morgan fingerprint density at radius 1 is 1.07 bits per heavy atom. The van der Waals surface area contributed by atoms with Crippen LogP contribution in [0.4, 0.5) is 0 Å². The first-order valence-electron chi connectivity index (χ1n) is 10.4. The van der Waals surface area contributed by atoms with Crippen LogP contribution in [0.5, 0.6) is 0 Å². The molecule has 1 saturated heterocycles. The van der Waals surface area contributed by atoms with Gasteiger partial charge in [0, 0.05) is 38.4 Å². The lowest BCUT2D eigenvalue weighted by molar-refractivity contribution is -0.143. The molecule has 7 heteroatoms. The summed E-state index contributed by atoms with van der Waals surface area (Å²) in [6, 6.07) is 0.0251. The summed E-state index contributed by atoms with van der Waals surface area (Å²) in [5.41, 5.74) is 0. The summed E-state index contributed by atoms with van der Waals surface area (Å²) in [7, 11) is 0. The molecule has 1 atom stereocenters. The van der Waals surface area contributed by atoms with E-state index in [1.165, 1.54) is 12.8 Å². The van der Waals surface area contributed by atoms with Crippen molar-refractivity contribution in [3.63, 3.8) is 0 Å². The molecule has 1 aromatic heterocycles. The molecule has 27 heavy (non-hydrogen) atoms. The number of likely N-dealkylation sites (tertiary alicyclic amines) is 1. The van der Waals surface area contributed by atoms with Crippen molar-refractivity contribution < 1.29 is 9.59 Å². The second-order valence-electron chi connectivity index (χ2n) is 8.78. The molecule has 2 amide bonds. The quantitative estimate of drug-likeness (QED) is 0.812. The van der Waals surface area contributed by atoms with Gasteiger partial charge in [0.1, 0.15) is 5.82 Å². The number of rotatable bonds is 4. The van der Waals surface area contributed by atoms with E-state index in [4.69, 9.17) is 10.1 Å². The Morgan fingerprint density at radius 2 is 1.78 bits per heavy atom. The number of carbonyl (C=O) groups excluding carboxylic acids is 2. The van der Waals surface area contributed by atoms with Gasteiger partial charge in [0.2, 0.25) is 11.8 Å². The molecule has 1 aromatic rings. The lowest BCUT2D eigenvalue weighted by Crippen LogP contribution is -2.48. The molecule has 0 bridgehead atoms. The molecule has 2 fully saturated rings. The summed E-state index contributed by atoms with van der Waals surface area (Å²) in [6.07, 6.45) is 4.83. The minimum atomic E-state index is 0.0210. The van der Waals surface area contributed by atoms with Gasteiger partial charge in [-0.1, -0.05) is 13.8 Å². The Kier molecular flexibility index (Phi) is 4.95.